The highest BCUT2D eigenvalue weighted by Crippen LogP contribution is 2.33. The van der Waals surface area contributed by atoms with Crippen LogP contribution in [0.25, 0.3) is 0 Å². The van der Waals surface area contributed by atoms with Crippen molar-refractivity contribution >= 4 is 5.95 Å². The maximum atomic E-state index is 5.68. The molecule has 104 valence electrons. The van der Waals surface area contributed by atoms with Crippen molar-refractivity contribution in [3.05, 3.63) is 18.0 Å². The third kappa shape index (κ3) is 3.06. The van der Waals surface area contributed by atoms with Gasteiger partial charge in [-0.2, -0.15) is 0 Å². The number of likely N-dealkylation sites (N-methyl/N-ethyl adjacent to an activating group) is 1. The second-order valence-corrected chi connectivity index (χ2v) is 5.78. The fourth-order valence-corrected chi connectivity index (χ4v) is 3.17. The lowest BCUT2D eigenvalue weighted by atomic mass is 10.0. The lowest BCUT2D eigenvalue weighted by Crippen LogP contribution is -2.30. The Bertz CT molecular complexity index is 412. The zero-order valence-electron chi connectivity index (χ0n) is 11.7. The molecule has 4 nitrogen and oxygen atoms in total. The first-order chi connectivity index (χ1) is 9.33. The first-order valence-electron chi connectivity index (χ1n) is 7.48. The van der Waals surface area contributed by atoms with Crippen molar-refractivity contribution in [3.8, 4) is 0 Å². The zero-order valence-corrected chi connectivity index (χ0v) is 11.7. The molecule has 0 unspecified atom stereocenters. The molecule has 0 amide bonds. The minimum atomic E-state index is 0.351. The summed E-state index contributed by atoms with van der Waals surface area (Å²) in [5.41, 5.74) is 1.22. The lowest BCUT2D eigenvalue weighted by molar-refractivity contribution is 0.116. The normalized spacial score (nSPS) is 23.9. The van der Waals surface area contributed by atoms with Crippen molar-refractivity contribution in [3.63, 3.8) is 0 Å². The van der Waals surface area contributed by atoms with Gasteiger partial charge in [-0.1, -0.05) is 12.8 Å². The van der Waals surface area contributed by atoms with Crippen molar-refractivity contribution in [1.82, 2.24) is 9.97 Å². The molecular formula is C15H23N3O. The smallest absolute Gasteiger partial charge is 0.225 e. The summed E-state index contributed by atoms with van der Waals surface area (Å²) < 4.78 is 5.68. The van der Waals surface area contributed by atoms with Gasteiger partial charge in [0.1, 0.15) is 0 Å². The first kappa shape index (κ1) is 12.9. The van der Waals surface area contributed by atoms with Gasteiger partial charge in [-0.25, -0.2) is 9.97 Å². The van der Waals surface area contributed by atoms with E-state index in [-0.39, 0.29) is 0 Å². The predicted octanol–water partition coefficient (Wildman–Crippen LogP) is 2.75. The van der Waals surface area contributed by atoms with Crippen molar-refractivity contribution in [2.45, 2.75) is 50.5 Å². The molecule has 1 saturated heterocycles. The Labute approximate surface area is 115 Å². The zero-order chi connectivity index (χ0) is 13.1. The monoisotopic (exact) mass is 261 g/mol. The van der Waals surface area contributed by atoms with Crippen LogP contribution in [0, 0.1) is 0 Å². The van der Waals surface area contributed by atoms with Gasteiger partial charge in [0.2, 0.25) is 5.95 Å². The van der Waals surface area contributed by atoms with Crippen molar-refractivity contribution in [2.75, 3.05) is 25.1 Å². The molecule has 1 aliphatic heterocycles. The standard InChI is InChI=1S/C15H23N3O/c1-18(11-13-7-4-10-19-13)15-16-9-8-14(17-15)12-5-2-3-6-12/h8-9,12-13H,2-7,10-11H2,1H3/t13-/m1/s1. The molecule has 0 radical (unpaired) electrons. The van der Waals surface area contributed by atoms with Crippen LogP contribution in [-0.2, 0) is 4.74 Å². The molecule has 0 N–H and O–H groups in total. The Morgan fingerprint density at radius 2 is 2.11 bits per heavy atom. The first-order valence-corrected chi connectivity index (χ1v) is 7.48. The molecule has 0 bridgehead atoms. The van der Waals surface area contributed by atoms with E-state index in [0.717, 1.165) is 25.5 Å². The molecule has 1 saturated carbocycles. The van der Waals surface area contributed by atoms with Crippen LogP contribution in [0.3, 0.4) is 0 Å². The van der Waals surface area contributed by atoms with Gasteiger partial charge in [0, 0.05) is 38.0 Å². The van der Waals surface area contributed by atoms with Crippen molar-refractivity contribution in [1.29, 1.82) is 0 Å². The van der Waals surface area contributed by atoms with E-state index in [2.05, 4.69) is 23.0 Å². The third-order valence-corrected chi connectivity index (χ3v) is 4.28. The van der Waals surface area contributed by atoms with Crippen LogP contribution in [0.1, 0.15) is 50.1 Å². The van der Waals surface area contributed by atoms with E-state index < -0.39 is 0 Å². The highest BCUT2D eigenvalue weighted by Gasteiger charge is 2.21. The van der Waals surface area contributed by atoms with Gasteiger partial charge >= 0.3 is 0 Å². The molecule has 1 atom stereocenters. The highest BCUT2D eigenvalue weighted by atomic mass is 16.5. The van der Waals surface area contributed by atoms with Gasteiger partial charge in [0.25, 0.3) is 0 Å². The molecule has 19 heavy (non-hydrogen) atoms. The minimum Gasteiger partial charge on any atom is -0.376 e. The van der Waals surface area contributed by atoms with Gasteiger partial charge < -0.3 is 9.64 Å². The molecule has 1 aromatic rings. The average molecular weight is 261 g/mol. The van der Waals surface area contributed by atoms with E-state index in [9.17, 15) is 0 Å². The lowest BCUT2D eigenvalue weighted by Gasteiger charge is -2.21. The van der Waals surface area contributed by atoms with Crippen LogP contribution in [0.5, 0.6) is 0 Å². The Hall–Kier alpha value is -1.16. The topological polar surface area (TPSA) is 38.2 Å². The summed E-state index contributed by atoms with van der Waals surface area (Å²) in [5, 5.41) is 0. The molecule has 1 aromatic heterocycles. The summed E-state index contributed by atoms with van der Waals surface area (Å²) in [6.07, 6.45) is 9.85. The van der Waals surface area contributed by atoms with Crippen molar-refractivity contribution < 1.29 is 4.74 Å². The Kier molecular flexibility index (Phi) is 3.97. The molecule has 3 rings (SSSR count). The molecule has 1 aliphatic carbocycles. The van der Waals surface area contributed by atoms with Gasteiger partial charge in [-0.3, -0.25) is 0 Å². The second-order valence-electron chi connectivity index (χ2n) is 5.78. The second kappa shape index (κ2) is 5.87. The number of anilines is 1. The van der Waals surface area contributed by atoms with E-state index in [4.69, 9.17) is 9.72 Å². The summed E-state index contributed by atoms with van der Waals surface area (Å²) in [6.45, 7) is 1.80. The highest BCUT2D eigenvalue weighted by molar-refractivity contribution is 5.30. The average Bonchev–Trinajstić information content (AvgIpc) is 3.12. The van der Waals surface area contributed by atoms with Crippen LogP contribution >= 0.6 is 0 Å². The van der Waals surface area contributed by atoms with E-state index in [1.165, 1.54) is 37.8 Å². The van der Waals surface area contributed by atoms with Gasteiger partial charge in [-0.05, 0) is 31.7 Å². The minimum absolute atomic E-state index is 0.351. The number of ether oxygens (including phenoxy) is 1. The summed E-state index contributed by atoms with van der Waals surface area (Å²) >= 11 is 0. The third-order valence-electron chi connectivity index (χ3n) is 4.28. The molecule has 2 fully saturated rings. The fourth-order valence-electron chi connectivity index (χ4n) is 3.17. The van der Waals surface area contributed by atoms with Gasteiger partial charge in [-0.15, -0.1) is 0 Å². The maximum Gasteiger partial charge on any atom is 0.225 e. The van der Waals surface area contributed by atoms with Crippen molar-refractivity contribution in [2.24, 2.45) is 0 Å². The molecule has 2 aliphatic rings. The van der Waals surface area contributed by atoms with Gasteiger partial charge in [0.05, 0.1) is 6.10 Å². The Balaban J connectivity index is 1.67. The number of rotatable bonds is 4. The predicted molar refractivity (Wildman–Crippen MR) is 75.5 cm³/mol. The fraction of sp³-hybridized carbons (Fsp3) is 0.733. The summed E-state index contributed by atoms with van der Waals surface area (Å²) in [5.74, 6) is 1.50. The molecular weight excluding hydrogens is 238 g/mol. The van der Waals surface area contributed by atoms with E-state index >= 15 is 0 Å². The largest absolute Gasteiger partial charge is 0.376 e. The van der Waals surface area contributed by atoms with Crippen LogP contribution in [-0.4, -0.2) is 36.3 Å². The van der Waals surface area contributed by atoms with Gasteiger partial charge in [0.15, 0.2) is 0 Å². The van der Waals surface area contributed by atoms with E-state index in [1.54, 1.807) is 0 Å². The molecule has 4 heteroatoms. The van der Waals surface area contributed by atoms with Crippen LogP contribution < -0.4 is 4.90 Å². The molecule has 0 aromatic carbocycles. The summed E-state index contributed by atoms with van der Waals surface area (Å²) in [6, 6.07) is 2.08. The summed E-state index contributed by atoms with van der Waals surface area (Å²) in [4.78, 5) is 11.3. The number of aromatic nitrogens is 2. The molecule has 2 heterocycles. The van der Waals surface area contributed by atoms with Crippen LogP contribution in [0.15, 0.2) is 12.3 Å². The Morgan fingerprint density at radius 1 is 1.26 bits per heavy atom. The van der Waals surface area contributed by atoms with E-state index in [1.807, 2.05) is 6.20 Å². The van der Waals surface area contributed by atoms with E-state index in [0.29, 0.717) is 12.0 Å². The number of hydrogen-bond acceptors (Lipinski definition) is 4. The number of hydrogen-bond donors (Lipinski definition) is 0. The van der Waals surface area contributed by atoms with Crippen LogP contribution in [0.2, 0.25) is 0 Å². The quantitative estimate of drug-likeness (QED) is 0.835. The SMILES string of the molecule is CN(C[C@H]1CCCO1)c1nccc(C2CCCC2)n1. The van der Waals surface area contributed by atoms with Crippen LogP contribution in [0.4, 0.5) is 5.95 Å². The summed E-state index contributed by atoms with van der Waals surface area (Å²) in [7, 11) is 2.06. The maximum absolute atomic E-state index is 5.68. The molecule has 0 spiro atoms. The Morgan fingerprint density at radius 3 is 2.84 bits per heavy atom. The number of nitrogens with zero attached hydrogens (tertiary/aromatic N) is 3.